The van der Waals surface area contributed by atoms with Crippen molar-refractivity contribution in [1.29, 1.82) is 0 Å². The number of aliphatic hydroxyl groups is 1. The zero-order chi connectivity index (χ0) is 14.0. The van der Waals surface area contributed by atoms with E-state index in [1.165, 1.54) is 12.0 Å². The van der Waals surface area contributed by atoms with Crippen LogP contribution >= 0.6 is 0 Å². The van der Waals surface area contributed by atoms with E-state index in [9.17, 15) is 5.11 Å². The summed E-state index contributed by atoms with van der Waals surface area (Å²) in [5.41, 5.74) is 2.45. The molecule has 1 fully saturated rings. The van der Waals surface area contributed by atoms with Crippen molar-refractivity contribution >= 4 is 0 Å². The van der Waals surface area contributed by atoms with Crippen LogP contribution in [0.15, 0.2) is 6.20 Å². The smallest absolute Gasteiger partial charge is 0.0722 e. The van der Waals surface area contributed by atoms with Gasteiger partial charge in [0.1, 0.15) is 0 Å². The Morgan fingerprint density at radius 3 is 2.68 bits per heavy atom. The Labute approximate surface area is 116 Å². The van der Waals surface area contributed by atoms with Gasteiger partial charge in [0.05, 0.1) is 11.8 Å². The highest BCUT2D eigenvalue weighted by atomic mass is 16.3. The molecule has 1 saturated carbocycles. The molecule has 4 nitrogen and oxygen atoms in total. The van der Waals surface area contributed by atoms with E-state index in [1.807, 2.05) is 11.7 Å². The van der Waals surface area contributed by atoms with E-state index in [0.717, 1.165) is 31.5 Å². The van der Waals surface area contributed by atoms with E-state index in [2.05, 4.69) is 37.4 Å². The third kappa shape index (κ3) is 3.57. The van der Waals surface area contributed by atoms with Crippen molar-refractivity contribution < 1.29 is 5.11 Å². The molecule has 4 heteroatoms. The summed E-state index contributed by atoms with van der Waals surface area (Å²) >= 11 is 0. The van der Waals surface area contributed by atoms with Crippen molar-refractivity contribution in [2.45, 2.75) is 70.6 Å². The normalized spacial score (nSPS) is 24.7. The second-order valence-electron chi connectivity index (χ2n) is 6.77. The molecule has 0 radical (unpaired) electrons. The number of rotatable bonds is 3. The minimum absolute atomic E-state index is 0.0590. The number of nitrogens with one attached hydrogen (secondary N) is 1. The molecule has 2 rings (SSSR count). The van der Waals surface area contributed by atoms with Crippen molar-refractivity contribution in [2.24, 2.45) is 7.05 Å². The molecule has 0 aliphatic heterocycles. The van der Waals surface area contributed by atoms with Crippen LogP contribution in [0.1, 0.15) is 57.7 Å². The van der Waals surface area contributed by atoms with Crippen LogP contribution in [0.4, 0.5) is 0 Å². The quantitative estimate of drug-likeness (QED) is 0.880. The summed E-state index contributed by atoms with van der Waals surface area (Å²) in [5.74, 6) is 0. The van der Waals surface area contributed by atoms with Gasteiger partial charge < -0.3 is 10.4 Å². The highest BCUT2D eigenvalue weighted by molar-refractivity contribution is 5.24. The molecule has 19 heavy (non-hydrogen) atoms. The average molecular weight is 265 g/mol. The molecule has 1 aromatic heterocycles. The number of aryl methyl sites for hydroxylation is 1. The molecule has 2 atom stereocenters. The molecule has 0 amide bonds. The molecule has 2 unspecified atom stereocenters. The summed E-state index contributed by atoms with van der Waals surface area (Å²) in [7, 11) is 1.97. The lowest BCUT2D eigenvalue weighted by Gasteiger charge is -2.28. The van der Waals surface area contributed by atoms with E-state index in [1.54, 1.807) is 0 Å². The van der Waals surface area contributed by atoms with Crippen LogP contribution < -0.4 is 5.32 Å². The molecule has 1 aromatic rings. The van der Waals surface area contributed by atoms with Crippen LogP contribution in [-0.4, -0.2) is 27.0 Å². The first kappa shape index (κ1) is 14.5. The Bertz CT molecular complexity index is 420. The summed E-state index contributed by atoms with van der Waals surface area (Å²) in [6.07, 6.45) is 6.27. The summed E-state index contributed by atoms with van der Waals surface area (Å²) in [5, 5.41) is 18.1. The Kier molecular flexibility index (Phi) is 4.31. The first-order valence-electron chi connectivity index (χ1n) is 7.32. The zero-order valence-electron chi connectivity index (χ0n) is 12.6. The second-order valence-corrected chi connectivity index (χ2v) is 6.77. The van der Waals surface area contributed by atoms with Gasteiger partial charge >= 0.3 is 0 Å². The van der Waals surface area contributed by atoms with E-state index in [-0.39, 0.29) is 17.6 Å². The van der Waals surface area contributed by atoms with Crippen LogP contribution in [0.5, 0.6) is 0 Å². The van der Waals surface area contributed by atoms with Crippen LogP contribution in [0, 0.1) is 0 Å². The Balaban J connectivity index is 2.03. The summed E-state index contributed by atoms with van der Waals surface area (Å²) in [6.45, 7) is 7.36. The zero-order valence-corrected chi connectivity index (χ0v) is 12.6. The fourth-order valence-corrected chi connectivity index (χ4v) is 2.89. The highest BCUT2D eigenvalue weighted by Gasteiger charge is 2.25. The third-order valence-electron chi connectivity index (χ3n) is 3.90. The minimum Gasteiger partial charge on any atom is -0.392 e. The van der Waals surface area contributed by atoms with Gasteiger partial charge in [-0.3, -0.25) is 4.68 Å². The lowest BCUT2D eigenvalue weighted by atomic mass is 9.89. The lowest BCUT2D eigenvalue weighted by molar-refractivity contribution is 0.0902. The fourth-order valence-electron chi connectivity index (χ4n) is 2.89. The number of hydrogen-bond acceptors (Lipinski definition) is 3. The first-order valence-corrected chi connectivity index (χ1v) is 7.32. The number of nitrogens with zero attached hydrogens (tertiary/aromatic N) is 2. The predicted octanol–water partition coefficient (Wildman–Crippen LogP) is 2.11. The minimum atomic E-state index is -0.191. The molecule has 1 aliphatic rings. The monoisotopic (exact) mass is 265 g/mol. The van der Waals surface area contributed by atoms with Crippen LogP contribution in [0.2, 0.25) is 0 Å². The molecule has 0 saturated heterocycles. The van der Waals surface area contributed by atoms with Gasteiger partial charge in [0, 0.05) is 36.8 Å². The van der Waals surface area contributed by atoms with Gasteiger partial charge in [-0.05, 0) is 12.8 Å². The van der Waals surface area contributed by atoms with E-state index < -0.39 is 0 Å². The first-order chi connectivity index (χ1) is 8.88. The van der Waals surface area contributed by atoms with Crippen LogP contribution in [0.3, 0.4) is 0 Å². The van der Waals surface area contributed by atoms with E-state index in [4.69, 9.17) is 0 Å². The van der Waals surface area contributed by atoms with E-state index in [0.29, 0.717) is 0 Å². The molecule has 0 spiro atoms. The molecule has 1 heterocycles. The number of aromatic nitrogens is 2. The topological polar surface area (TPSA) is 50.1 Å². The van der Waals surface area contributed by atoms with Gasteiger partial charge in [-0.25, -0.2) is 0 Å². The largest absolute Gasteiger partial charge is 0.392 e. The number of hydrogen-bond donors (Lipinski definition) is 2. The Hall–Kier alpha value is -0.870. The molecule has 108 valence electrons. The number of aliphatic hydroxyl groups excluding tert-OH is 1. The molecular formula is C15H27N3O. The fraction of sp³-hybridized carbons (Fsp3) is 0.800. The Morgan fingerprint density at radius 2 is 2.05 bits per heavy atom. The SMILES string of the molecule is Cn1cc(CNC2CCCCC2O)c(C(C)(C)C)n1. The maximum atomic E-state index is 10.00. The summed E-state index contributed by atoms with van der Waals surface area (Å²) in [6, 6.07) is 0.238. The van der Waals surface area contributed by atoms with Crippen molar-refractivity contribution in [3.63, 3.8) is 0 Å². The van der Waals surface area contributed by atoms with Crippen LogP contribution in [0.25, 0.3) is 0 Å². The van der Waals surface area contributed by atoms with Gasteiger partial charge in [0.25, 0.3) is 0 Å². The summed E-state index contributed by atoms with van der Waals surface area (Å²) < 4.78 is 1.88. The highest BCUT2D eigenvalue weighted by Crippen LogP contribution is 2.25. The molecule has 2 N–H and O–H groups in total. The van der Waals surface area contributed by atoms with Gasteiger partial charge in [-0.2, -0.15) is 5.10 Å². The third-order valence-corrected chi connectivity index (χ3v) is 3.90. The van der Waals surface area contributed by atoms with Gasteiger partial charge in [0.15, 0.2) is 0 Å². The van der Waals surface area contributed by atoms with Crippen molar-refractivity contribution in [1.82, 2.24) is 15.1 Å². The van der Waals surface area contributed by atoms with Crippen molar-refractivity contribution in [3.8, 4) is 0 Å². The van der Waals surface area contributed by atoms with Gasteiger partial charge in [-0.1, -0.05) is 33.6 Å². The molecule has 0 aromatic carbocycles. The van der Waals surface area contributed by atoms with Gasteiger partial charge in [-0.15, -0.1) is 0 Å². The Morgan fingerprint density at radius 1 is 1.37 bits per heavy atom. The maximum Gasteiger partial charge on any atom is 0.0722 e. The van der Waals surface area contributed by atoms with Crippen LogP contribution in [-0.2, 0) is 19.0 Å². The van der Waals surface area contributed by atoms with Crippen molar-refractivity contribution in [3.05, 3.63) is 17.5 Å². The molecule has 1 aliphatic carbocycles. The second kappa shape index (κ2) is 5.63. The molecule has 0 bridgehead atoms. The molecular weight excluding hydrogens is 238 g/mol. The summed E-state index contributed by atoms with van der Waals surface area (Å²) in [4.78, 5) is 0. The predicted molar refractivity (Wildman–Crippen MR) is 77.0 cm³/mol. The van der Waals surface area contributed by atoms with Crippen molar-refractivity contribution in [2.75, 3.05) is 0 Å². The van der Waals surface area contributed by atoms with Gasteiger partial charge in [0.2, 0.25) is 0 Å². The maximum absolute atomic E-state index is 10.00. The lowest BCUT2D eigenvalue weighted by Crippen LogP contribution is -2.41. The average Bonchev–Trinajstić information content (AvgIpc) is 2.69. The van der Waals surface area contributed by atoms with E-state index >= 15 is 0 Å². The standard InChI is InChI=1S/C15H27N3O/c1-15(2,3)14-11(10-18(4)17-14)9-16-12-7-5-6-8-13(12)19/h10,12-13,16,19H,5-9H2,1-4H3.